The monoisotopic (exact) mass is 302 g/mol. The van der Waals surface area contributed by atoms with Crippen LogP contribution in [-0.4, -0.2) is 20.2 Å². The van der Waals surface area contributed by atoms with E-state index in [1.807, 2.05) is 30.3 Å². The van der Waals surface area contributed by atoms with E-state index in [0.717, 1.165) is 0 Å². The predicted molar refractivity (Wildman–Crippen MR) is 65.3 cm³/mol. The third-order valence-corrected chi connectivity index (χ3v) is 2.18. The minimum absolute atomic E-state index is 0. The molecule has 0 bridgehead atoms. The average Bonchev–Trinajstić information content (AvgIpc) is 3.09. The van der Waals surface area contributed by atoms with Gasteiger partial charge in [0.15, 0.2) is 0 Å². The van der Waals surface area contributed by atoms with Crippen molar-refractivity contribution in [1.29, 1.82) is 0 Å². The van der Waals surface area contributed by atoms with Crippen LogP contribution in [0.5, 0.6) is 0 Å². The van der Waals surface area contributed by atoms with Crippen LogP contribution in [0.2, 0.25) is 0 Å². The summed E-state index contributed by atoms with van der Waals surface area (Å²) < 4.78 is 8.97. The first-order valence-electron chi connectivity index (χ1n) is 5.29. The van der Waals surface area contributed by atoms with Gasteiger partial charge < -0.3 is 14.6 Å². The third kappa shape index (κ3) is 5.12. The van der Waals surface area contributed by atoms with E-state index in [1.54, 1.807) is 6.08 Å². The van der Waals surface area contributed by atoms with E-state index < -0.39 is 11.9 Å². The Morgan fingerprint density at radius 2 is 1.84 bits per heavy atom. The number of esters is 1. The molecule has 0 heterocycles. The van der Waals surface area contributed by atoms with Crippen molar-refractivity contribution in [3.05, 3.63) is 65.7 Å². The molecule has 1 aliphatic rings. The van der Waals surface area contributed by atoms with Gasteiger partial charge in [0.2, 0.25) is 0 Å². The van der Waals surface area contributed by atoms with Crippen LogP contribution in [0.1, 0.15) is 0 Å². The van der Waals surface area contributed by atoms with Gasteiger partial charge in [0, 0.05) is 5.57 Å². The topological polar surface area (TPSA) is 58.6 Å². The second-order valence-corrected chi connectivity index (χ2v) is 3.30. The summed E-state index contributed by atoms with van der Waals surface area (Å²) in [6, 6.07) is 10.0. The Morgan fingerprint density at radius 3 is 2.26 bits per heavy atom. The van der Waals surface area contributed by atoms with Gasteiger partial charge in [-0.05, 0) is 13.2 Å². The zero-order valence-electron chi connectivity index (χ0n) is 10.6. The Bertz CT molecular complexity index is 452. The summed E-state index contributed by atoms with van der Waals surface area (Å²) in [7, 11) is 2.52. The molecule has 102 valence electrons. The van der Waals surface area contributed by atoms with Gasteiger partial charge in [0.1, 0.15) is 0 Å². The number of hydrogen-bond donors (Lipinski definition) is 0. The summed E-state index contributed by atoms with van der Waals surface area (Å²) in [6.45, 7) is 0. The van der Waals surface area contributed by atoms with E-state index in [9.17, 15) is 9.90 Å². The smallest absolute Gasteiger partial charge is 0.616 e. The fraction of sp³-hybridized carbons (Fsp3) is 0.143. The van der Waals surface area contributed by atoms with Crippen molar-refractivity contribution in [1.82, 2.24) is 0 Å². The fourth-order valence-electron chi connectivity index (χ4n) is 1.32. The summed E-state index contributed by atoms with van der Waals surface area (Å²) in [5.41, 5.74) is 0.462. The molecule has 0 atom stereocenters. The number of carbonyl (C=O) groups excluding carboxylic acids is 1. The molecule has 1 aliphatic carbocycles. The second-order valence-electron chi connectivity index (χ2n) is 3.30. The molecule has 0 aromatic heterocycles. The molecule has 0 N–H and O–H groups in total. The number of carbonyl (C=O) groups is 1. The molecule has 0 saturated carbocycles. The molecule has 4 nitrogen and oxygen atoms in total. The molecule has 0 spiro atoms. The first-order chi connectivity index (χ1) is 8.70. The van der Waals surface area contributed by atoms with Crippen molar-refractivity contribution < 1.29 is 36.4 Å². The molecule has 0 aliphatic heterocycles. The number of methoxy groups -OCH3 is 2. The molecule has 5 heteroatoms. The van der Waals surface area contributed by atoms with E-state index >= 15 is 0 Å². The van der Waals surface area contributed by atoms with E-state index in [0.29, 0.717) is 0 Å². The largest absolute Gasteiger partial charge is 2.00 e. The van der Waals surface area contributed by atoms with Crippen LogP contribution in [0.15, 0.2) is 65.7 Å². The standard InChI is InChI=1S/C9H10O4.C5H5.Fe/c1-12-8(10)6-4-3-5-7(6)9(11)13-2;1-2-4-5-3-1;/h3-5,10H,1-2H3;1-5H;/q;-1;+2/p-1. The summed E-state index contributed by atoms with van der Waals surface area (Å²) in [4.78, 5) is 11.1. The summed E-state index contributed by atoms with van der Waals surface area (Å²) in [6.07, 6.45) is 4.62. The maximum absolute atomic E-state index is 11.1. The van der Waals surface area contributed by atoms with Gasteiger partial charge in [-0.2, -0.15) is 18.2 Å². The first kappa shape index (κ1) is 17.2. The van der Waals surface area contributed by atoms with Crippen molar-refractivity contribution in [3.8, 4) is 0 Å². The number of rotatable bonds is 2. The van der Waals surface area contributed by atoms with Crippen LogP contribution in [0.25, 0.3) is 0 Å². The van der Waals surface area contributed by atoms with Crippen molar-refractivity contribution >= 4 is 5.97 Å². The zero-order valence-corrected chi connectivity index (χ0v) is 11.7. The number of allylic oxidation sites excluding steroid dienone is 3. The minimum Gasteiger partial charge on any atom is -0.616 e. The SMILES string of the molecule is COC(=O)C1=CC=CC1=C([O-])OC.[Fe+2].c1cc[cH-]c1. The van der Waals surface area contributed by atoms with Crippen LogP contribution >= 0.6 is 0 Å². The maximum Gasteiger partial charge on any atom is 2.00 e. The van der Waals surface area contributed by atoms with Gasteiger partial charge in [0.25, 0.3) is 0 Å². The van der Waals surface area contributed by atoms with Crippen LogP contribution < -0.4 is 5.11 Å². The molecule has 1 aromatic carbocycles. The fourth-order valence-corrected chi connectivity index (χ4v) is 1.32. The molecule has 1 aromatic rings. The predicted octanol–water partition coefficient (Wildman–Crippen LogP) is 1.28. The van der Waals surface area contributed by atoms with Gasteiger partial charge in [-0.3, -0.25) is 0 Å². The summed E-state index contributed by atoms with van der Waals surface area (Å²) >= 11 is 0. The van der Waals surface area contributed by atoms with Gasteiger partial charge in [0.05, 0.1) is 18.6 Å². The van der Waals surface area contributed by atoms with E-state index in [2.05, 4.69) is 9.47 Å². The first-order valence-corrected chi connectivity index (χ1v) is 5.29. The Labute approximate surface area is 122 Å². The zero-order chi connectivity index (χ0) is 13.4. The summed E-state index contributed by atoms with van der Waals surface area (Å²) in [5.74, 6) is -1.07. The van der Waals surface area contributed by atoms with E-state index in [1.165, 1.54) is 26.4 Å². The molecule has 0 amide bonds. The molecule has 0 fully saturated rings. The molecule has 2 rings (SSSR count). The van der Waals surface area contributed by atoms with Crippen molar-refractivity contribution in [2.75, 3.05) is 14.2 Å². The summed E-state index contributed by atoms with van der Waals surface area (Å²) in [5, 5.41) is 11.1. The van der Waals surface area contributed by atoms with Gasteiger partial charge in [-0.25, -0.2) is 16.9 Å². The average molecular weight is 302 g/mol. The molecular formula is C14H14FeO4. The molecule has 0 saturated heterocycles. The van der Waals surface area contributed by atoms with Crippen molar-refractivity contribution in [2.24, 2.45) is 0 Å². The Morgan fingerprint density at radius 1 is 1.21 bits per heavy atom. The third-order valence-electron chi connectivity index (χ3n) is 2.18. The molecular weight excluding hydrogens is 288 g/mol. The van der Waals surface area contributed by atoms with Crippen LogP contribution in [0, 0.1) is 0 Å². The van der Waals surface area contributed by atoms with E-state index in [4.69, 9.17) is 0 Å². The number of hydrogen-bond acceptors (Lipinski definition) is 4. The molecule has 19 heavy (non-hydrogen) atoms. The van der Waals surface area contributed by atoms with Crippen LogP contribution in [-0.2, 0) is 31.3 Å². The Balaban J connectivity index is 0.000000454. The van der Waals surface area contributed by atoms with Crippen molar-refractivity contribution in [3.63, 3.8) is 0 Å². The van der Waals surface area contributed by atoms with Gasteiger partial charge in [-0.1, -0.05) is 12.2 Å². The van der Waals surface area contributed by atoms with E-state index in [-0.39, 0.29) is 28.2 Å². The normalized spacial score (nSPS) is 14.5. The maximum atomic E-state index is 11.1. The van der Waals surface area contributed by atoms with Gasteiger partial charge >= 0.3 is 23.0 Å². The molecule has 0 unspecified atom stereocenters. The Kier molecular flexibility index (Phi) is 8.25. The second kappa shape index (κ2) is 9.14. The number of ether oxygens (including phenoxy) is 2. The van der Waals surface area contributed by atoms with Crippen LogP contribution in [0.4, 0.5) is 0 Å². The minimum atomic E-state index is -0.537. The van der Waals surface area contributed by atoms with Crippen molar-refractivity contribution in [2.45, 2.75) is 0 Å². The Hall–Kier alpha value is -1.84. The molecule has 0 radical (unpaired) electrons. The van der Waals surface area contributed by atoms with Crippen LogP contribution in [0.3, 0.4) is 0 Å². The van der Waals surface area contributed by atoms with Gasteiger partial charge in [-0.15, -0.1) is 0 Å². The quantitative estimate of drug-likeness (QED) is 0.357.